The highest BCUT2D eigenvalue weighted by molar-refractivity contribution is 5.92. The molecule has 4 heteroatoms. The molecule has 2 saturated carbocycles. The van der Waals surface area contributed by atoms with Crippen LogP contribution in [0.3, 0.4) is 0 Å². The van der Waals surface area contributed by atoms with Crippen molar-refractivity contribution in [1.82, 2.24) is 9.88 Å². The van der Waals surface area contributed by atoms with Crippen LogP contribution in [-0.2, 0) is 11.2 Å². The van der Waals surface area contributed by atoms with Gasteiger partial charge in [-0.25, -0.2) is 0 Å². The summed E-state index contributed by atoms with van der Waals surface area (Å²) < 4.78 is 0. The molecule has 0 bridgehead atoms. The van der Waals surface area contributed by atoms with E-state index in [1.807, 2.05) is 6.20 Å². The SMILES string of the molecule is O=C(C1CC1)N1CCN(c2ccnc3c2C=C(c2ccc(C4CCCCC4)cc2)C3)CC1. The Balaban J connectivity index is 1.18. The lowest BCUT2D eigenvalue weighted by atomic mass is 9.83. The van der Waals surface area contributed by atoms with E-state index in [0.717, 1.165) is 51.4 Å². The van der Waals surface area contributed by atoms with Crippen LogP contribution in [0.25, 0.3) is 11.6 Å². The first-order chi connectivity index (χ1) is 15.8. The minimum Gasteiger partial charge on any atom is -0.367 e. The minimum absolute atomic E-state index is 0.321. The van der Waals surface area contributed by atoms with Crippen molar-refractivity contribution in [3.05, 3.63) is 58.9 Å². The molecule has 3 aliphatic carbocycles. The maximum Gasteiger partial charge on any atom is 0.225 e. The number of aromatic nitrogens is 1. The Morgan fingerprint density at radius 1 is 0.875 bits per heavy atom. The lowest BCUT2D eigenvalue weighted by Crippen LogP contribution is -2.49. The number of fused-ring (bicyclic) bond motifs is 1. The van der Waals surface area contributed by atoms with E-state index in [1.165, 1.54) is 65.7 Å². The maximum atomic E-state index is 12.4. The fraction of sp³-hybridized carbons (Fsp3) is 0.500. The molecule has 0 N–H and O–H groups in total. The molecule has 1 amide bonds. The van der Waals surface area contributed by atoms with Crippen molar-refractivity contribution in [2.45, 2.75) is 57.3 Å². The third-order valence-corrected chi connectivity index (χ3v) is 7.94. The van der Waals surface area contributed by atoms with Gasteiger partial charge in [0.15, 0.2) is 0 Å². The zero-order valence-electron chi connectivity index (χ0n) is 18.9. The van der Waals surface area contributed by atoms with Gasteiger partial charge in [-0.1, -0.05) is 43.5 Å². The Hall–Kier alpha value is -2.62. The van der Waals surface area contributed by atoms with E-state index in [4.69, 9.17) is 4.98 Å². The average molecular weight is 428 g/mol. The minimum atomic E-state index is 0.321. The number of pyridine rings is 1. The quantitative estimate of drug-likeness (QED) is 0.666. The van der Waals surface area contributed by atoms with Crippen LogP contribution in [0.2, 0.25) is 0 Å². The molecule has 3 fully saturated rings. The summed E-state index contributed by atoms with van der Waals surface area (Å²) in [5.41, 5.74) is 7.96. The lowest BCUT2D eigenvalue weighted by molar-refractivity contribution is -0.132. The van der Waals surface area contributed by atoms with Gasteiger partial charge < -0.3 is 9.80 Å². The number of hydrogen-bond donors (Lipinski definition) is 0. The molecule has 2 heterocycles. The number of amides is 1. The van der Waals surface area contributed by atoms with Gasteiger partial charge in [0, 0.05) is 56.0 Å². The van der Waals surface area contributed by atoms with Gasteiger partial charge in [-0.2, -0.15) is 0 Å². The van der Waals surface area contributed by atoms with Gasteiger partial charge in [0.25, 0.3) is 0 Å². The predicted octanol–water partition coefficient (Wildman–Crippen LogP) is 5.28. The maximum absolute atomic E-state index is 12.4. The van der Waals surface area contributed by atoms with Gasteiger partial charge in [-0.05, 0) is 60.4 Å². The number of nitrogens with zero attached hydrogens (tertiary/aromatic N) is 3. The Labute approximate surface area is 191 Å². The summed E-state index contributed by atoms with van der Waals surface area (Å²) in [4.78, 5) is 21.6. The fourth-order valence-corrected chi connectivity index (χ4v) is 5.83. The van der Waals surface area contributed by atoms with E-state index < -0.39 is 0 Å². The Bertz CT molecular complexity index is 1020. The highest BCUT2D eigenvalue weighted by atomic mass is 16.2. The number of anilines is 1. The lowest BCUT2D eigenvalue weighted by Gasteiger charge is -2.37. The highest BCUT2D eigenvalue weighted by Crippen LogP contribution is 2.38. The first-order valence-corrected chi connectivity index (χ1v) is 12.6. The summed E-state index contributed by atoms with van der Waals surface area (Å²) in [6.45, 7) is 3.50. The average Bonchev–Trinajstić information content (AvgIpc) is 3.62. The summed E-state index contributed by atoms with van der Waals surface area (Å²) in [5, 5.41) is 0. The number of benzene rings is 1. The van der Waals surface area contributed by atoms with Crippen LogP contribution in [0.15, 0.2) is 36.5 Å². The molecule has 4 nitrogen and oxygen atoms in total. The second-order valence-corrected chi connectivity index (χ2v) is 10.1. The molecule has 1 aromatic heterocycles. The molecule has 2 aromatic rings. The van der Waals surface area contributed by atoms with Gasteiger partial charge >= 0.3 is 0 Å². The Kier molecular flexibility index (Phi) is 5.24. The molecule has 1 aliphatic heterocycles. The molecular formula is C28H33N3O. The van der Waals surface area contributed by atoms with E-state index in [1.54, 1.807) is 0 Å². The molecule has 1 saturated heterocycles. The van der Waals surface area contributed by atoms with Crippen LogP contribution in [0.1, 0.15) is 73.2 Å². The van der Waals surface area contributed by atoms with Crippen molar-refractivity contribution in [1.29, 1.82) is 0 Å². The van der Waals surface area contributed by atoms with Crippen LogP contribution < -0.4 is 4.90 Å². The summed E-state index contributed by atoms with van der Waals surface area (Å²) in [7, 11) is 0. The Morgan fingerprint density at radius 3 is 2.34 bits per heavy atom. The number of hydrogen-bond acceptors (Lipinski definition) is 3. The van der Waals surface area contributed by atoms with Crippen molar-refractivity contribution in [2.75, 3.05) is 31.1 Å². The second kappa shape index (κ2) is 8.38. The van der Waals surface area contributed by atoms with Crippen molar-refractivity contribution in [3.63, 3.8) is 0 Å². The van der Waals surface area contributed by atoms with E-state index in [0.29, 0.717) is 11.8 Å². The Morgan fingerprint density at radius 2 is 1.62 bits per heavy atom. The summed E-state index contributed by atoms with van der Waals surface area (Å²) in [5.74, 6) is 1.46. The monoisotopic (exact) mass is 427 g/mol. The summed E-state index contributed by atoms with van der Waals surface area (Å²) >= 11 is 0. The molecule has 0 unspecified atom stereocenters. The molecule has 0 spiro atoms. The number of piperazine rings is 1. The van der Waals surface area contributed by atoms with Crippen LogP contribution in [-0.4, -0.2) is 42.0 Å². The van der Waals surface area contributed by atoms with Crippen LogP contribution in [0.5, 0.6) is 0 Å². The number of allylic oxidation sites excluding steroid dienone is 1. The molecule has 0 radical (unpaired) electrons. The fourth-order valence-electron chi connectivity index (χ4n) is 5.83. The summed E-state index contributed by atoms with van der Waals surface area (Å²) in [6, 6.07) is 11.5. The molecule has 4 aliphatic rings. The van der Waals surface area contributed by atoms with Gasteiger partial charge in [0.05, 0.1) is 5.69 Å². The van der Waals surface area contributed by atoms with Crippen molar-refractivity contribution >= 4 is 23.2 Å². The van der Waals surface area contributed by atoms with Gasteiger partial charge in [0.1, 0.15) is 0 Å². The number of carbonyl (C=O) groups is 1. The van der Waals surface area contributed by atoms with E-state index in [2.05, 4.69) is 46.2 Å². The molecule has 0 atom stereocenters. The molecule has 166 valence electrons. The predicted molar refractivity (Wildman–Crippen MR) is 130 cm³/mol. The third-order valence-electron chi connectivity index (χ3n) is 7.94. The first kappa shape index (κ1) is 20.0. The van der Waals surface area contributed by atoms with Crippen molar-refractivity contribution in [3.8, 4) is 0 Å². The van der Waals surface area contributed by atoms with Crippen molar-refractivity contribution in [2.24, 2.45) is 5.92 Å². The van der Waals surface area contributed by atoms with E-state index in [-0.39, 0.29) is 0 Å². The third kappa shape index (κ3) is 3.85. The first-order valence-electron chi connectivity index (χ1n) is 12.6. The largest absolute Gasteiger partial charge is 0.367 e. The van der Waals surface area contributed by atoms with Gasteiger partial charge in [0.2, 0.25) is 5.91 Å². The zero-order chi connectivity index (χ0) is 21.5. The normalized spacial score (nSPS) is 21.4. The van der Waals surface area contributed by atoms with E-state index >= 15 is 0 Å². The van der Waals surface area contributed by atoms with Crippen molar-refractivity contribution < 1.29 is 4.79 Å². The molecule has 32 heavy (non-hydrogen) atoms. The smallest absolute Gasteiger partial charge is 0.225 e. The standard InChI is InChI=1S/C28H33N3O/c32-28(23-10-11-23)31-16-14-30(15-17-31)27-12-13-29-26-19-24(18-25(26)27)22-8-6-21(7-9-22)20-4-2-1-3-5-20/h6-9,12-13,18,20,23H,1-5,10-11,14-17,19H2. The van der Waals surface area contributed by atoms with Gasteiger partial charge in [-0.15, -0.1) is 0 Å². The second-order valence-electron chi connectivity index (χ2n) is 10.1. The van der Waals surface area contributed by atoms with Gasteiger partial charge in [-0.3, -0.25) is 9.78 Å². The number of rotatable bonds is 4. The molecule has 6 rings (SSSR count). The highest BCUT2D eigenvalue weighted by Gasteiger charge is 2.35. The van der Waals surface area contributed by atoms with E-state index in [9.17, 15) is 4.79 Å². The van der Waals surface area contributed by atoms with Crippen LogP contribution in [0.4, 0.5) is 5.69 Å². The topological polar surface area (TPSA) is 36.4 Å². The summed E-state index contributed by atoms with van der Waals surface area (Å²) in [6.07, 6.45) is 14.3. The molecular weight excluding hydrogens is 394 g/mol. The number of carbonyl (C=O) groups excluding carboxylic acids is 1. The molecule has 1 aromatic carbocycles. The zero-order valence-corrected chi connectivity index (χ0v) is 18.9. The van der Waals surface area contributed by atoms with Crippen LogP contribution in [0, 0.1) is 5.92 Å². The van der Waals surface area contributed by atoms with Crippen LogP contribution >= 0.6 is 0 Å².